The van der Waals surface area contributed by atoms with Crippen LogP contribution in [0.2, 0.25) is 0 Å². The van der Waals surface area contributed by atoms with Gasteiger partial charge in [-0.2, -0.15) is 0 Å². The molecule has 0 aromatic carbocycles. The normalized spacial score (nSPS) is 13.4. The molecule has 0 bridgehead atoms. The third-order valence-electron chi connectivity index (χ3n) is 1.54. The SMILES string of the molecule is CS(=O)(=O)N[C@H](CCCC(=O)O)C(=O)O. The van der Waals surface area contributed by atoms with Crippen LogP contribution in [-0.2, 0) is 19.6 Å². The van der Waals surface area contributed by atoms with Crippen LogP contribution < -0.4 is 4.72 Å². The summed E-state index contributed by atoms with van der Waals surface area (Å²) in [6, 6.07) is -1.26. The topological polar surface area (TPSA) is 121 Å². The summed E-state index contributed by atoms with van der Waals surface area (Å²) < 4.78 is 23.4. The van der Waals surface area contributed by atoms with Crippen molar-refractivity contribution in [1.29, 1.82) is 0 Å². The highest BCUT2D eigenvalue weighted by Gasteiger charge is 2.20. The van der Waals surface area contributed by atoms with Crippen LogP contribution in [0.5, 0.6) is 0 Å². The number of nitrogens with one attached hydrogen (secondary N) is 1. The van der Waals surface area contributed by atoms with Crippen molar-refractivity contribution in [2.24, 2.45) is 0 Å². The molecule has 0 aliphatic carbocycles. The van der Waals surface area contributed by atoms with Crippen LogP contribution in [0.1, 0.15) is 19.3 Å². The fourth-order valence-corrected chi connectivity index (χ4v) is 1.68. The lowest BCUT2D eigenvalue weighted by Crippen LogP contribution is -2.40. The predicted octanol–water partition coefficient (Wildman–Crippen LogP) is -0.756. The van der Waals surface area contributed by atoms with E-state index in [1.165, 1.54) is 0 Å². The number of aliphatic carboxylic acids is 2. The molecule has 0 aromatic heterocycles. The first-order valence-corrected chi connectivity index (χ1v) is 6.03. The molecule has 0 heterocycles. The monoisotopic (exact) mass is 239 g/mol. The second kappa shape index (κ2) is 5.66. The molecule has 0 aliphatic heterocycles. The summed E-state index contributed by atoms with van der Waals surface area (Å²) in [5, 5.41) is 16.9. The molecule has 8 heteroatoms. The Balaban J connectivity index is 4.18. The average Bonchev–Trinajstić information content (AvgIpc) is 1.99. The number of hydrogen-bond acceptors (Lipinski definition) is 4. The van der Waals surface area contributed by atoms with E-state index in [-0.39, 0.29) is 19.3 Å². The Morgan fingerprint density at radius 2 is 1.87 bits per heavy atom. The van der Waals surface area contributed by atoms with E-state index >= 15 is 0 Å². The number of rotatable bonds is 7. The molecule has 0 aliphatic rings. The fourth-order valence-electron chi connectivity index (χ4n) is 0.949. The second-order valence-corrected chi connectivity index (χ2v) is 4.85. The Hall–Kier alpha value is -1.15. The Labute approximate surface area is 87.2 Å². The molecule has 3 N–H and O–H groups in total. The van der Waals surface area contributed by atoms with Gasteiger partial charge in [0.05, 0.1) is 6.26 Å². The third-order valence-corrected chi connectivity index (χ3v) is 2.25. The number of carboxylic acid groups (broad SMARTS) is 2. The summed E-state index contributed by atoms with van der Waals surface area (Å²) in [6.45, 7) is 0. The van der Waals surface area contributed by atoms with E-state index in [0.717, 1.165) is 6.26 Å². The molecule has 0 fully saturated rings. The minimum Gasteiger partial charge on any atom is -0.481 e. The minimum atomic E-state index is -3.60. The molecule has 15 heavy (non-hydrogen) atoms. The summed E-state index contributed by atoms with van der Waals surface area (Å²) in [7, 11) is -3.60. The standard InChI is InChI=1S/C7H13NO6S/c1-15(13,14)8-5(7(11)12)3-2-4-6(9)10/h5,8H,2-4H2,1H3,(H,9,10)(H,11,12)/t5-/m1/s1. The van der Waals surface area contributed by atoms with Gasteiger partial charge in [0.15, 0.2) is 0 Å². The van der Waals surface area contributed by atoms with Crippen LogP contribution in [0.15, 0.2) is 0 Å². The van der Waals surface area contributed by atoms with E-state index in [4.69, 9.17) is 10.2 Å². The van der Waals surface area contributed by atoms with Gasteiger partial charge in [-0.25, -0.2) is 13.1 Å². The van der Waals surface area contributed by atoms with Gasteiger partial charge in [-0.05, 0) is 12.8 Å². The van der Waals surface area contributed by atoms with E-state index in [1.54, 1.807) is 0 Å². The average molecular weight is 239 g/mol. The fraction of sp³-hybridized carbons (Fsp3) is 0.714. The van der Waals surface area contributed by atoms with Crippen molar-refractivity contribution in [3.05, 3.63) is 0 Å². The molecule has 7 nitrogen and oxygen atoms in total. The van der Waals surface area contributed by atoms with Crippen molar-refractivity contribution < 1.29 is 28.2 Å². The summed E-state index contributed by atoms with van der Waals surface area (Å²) in [4.78, 5) is 20.7. The van der Waals surface area contributed by atoms with Crippen LogP contribution in [-0.4, -0.2) is 42.9 Å². The highest BCUT2D eigenvalue weighted by Crippen LogP contribution is 2.02. The number of carboxylic acids is 2. The third kappa shape index (κ3) is 7.89. The molecule has 0 saturated carbocycles. The molecule has 1 atom stereocenters. The smallest absolute Gasteiger partial charge is 0.321 e. The van der Waals surface area contributed by atoms with Crippen LogP contribution in [0, 0.1) is 0 Å². The molecule has 0 radical (unpaired) electrons. The van der Waals surface area contributed by atoms with E-state index in [0.29, 0.717) is 0 Å². The second-order valence-electron chi connectivity index (χ2n) is 3.07. The van der Waals surface area contributed by atoms with Crippen molar-refractivity contribution >= 4 is 22.0 Å². The van der Waals surface area contributed by atoms with Gasteiger partial charge in [-0.3, -0.25) is 9.59 Å². The van der Waals surface area contributed by atoms with Crippen LogP contribution in [0.4, 0.5) is 0 Å². The number of sulfonamides is 1. The Kier molecular flexibility index (Phi) is 5.23. The molecule has 88 valence electrons. The first kappa shape index (κ1) is 13.8. The van der Waals surface area contributed by atoms with Gasteiger partial charge >= 0.3 is 11.9 Å². The van der Waals surface area contributed by atoms with Gasteiger partial charge in [0.1, 0.15) is 6.04 Å². The summed E-state index contributed by atoms with van der Waals surface area (Å²) >= 11 is 0. The zero-order valence-electron chi connectivity index (χ0n) is 8.13. The summed E-state index contributed by atoms with van der Waals surface area (Å²) in [6.07, 6.45) is 0.721. The van der Waals surface area contributed by atoms with Crippen molar-refractivity contribution in [2.75, 3.05) is 6.26 Å². The van der Waals surface area contributed by atoms with Gasteiger partial charge in [-0.15, -0.1) is 0 Å². The number of hydrogen-bond donors (Lipinski definition) is 3. The lowest BCUT2D eigenvalue weighted by molar-refractivity contribution is -0.140. The summed E-state index contributed by atoms with van der Waals surface area (Å²) in [5.41, 5.74) is 0. The van der Waals surface area contributed by atoms with Crippen LogP contribution >= 0.6 is 0 Å². The van der Waals surface area contributed by atoms with Crippen molar-refractivity contribution in [3.8, 4) is 0 Å². The van der Waals surface area contributed by atoms with Gasteiger partial charge in [0.25, 0.3) is 0 Å². The molecule has 0 unspecified atom stereocenters. The molecule has 0 saturated heterocycles. The highest BCUT2D eigenvalue weighted by atomic mass is 32.2. The maximum Gasteiger partial charge on any atom is 0.321 e. The molecule has 0 amide bonds. The van der Waals surface area contributed by atoms with Crippen molar-refractivity contribution in [1.82, 2.24) is 4.72 Å². The molecular formula is C7H13NO6S. The zero-order valence-corrected chi connectivity index (χ0v) is 8.95. The molecule has 0 rings (SSSR count). The van der Waals surface area contributed by atoms with Crippen molar-refractivity contribution in [2.45, 2.75) is 25.3 Å². The van der Waals surface area contributed by atoms with Gasteiger partial charge < -0.3 is 10.2 Å². The maximum atomic E-state index is 10.8. The van der Waals surface area contributed by atoms with E-state index in [9.17, 15) is 18.0 Å². The van der Waals surface area contributed by atoms with E-state index in [1.807, 2.05) is 4.72 Å². The zero-order chi connectivity index (χ0) is 12.1. The Morgan fingerprint density at radius 3 is 2.20 bits per heavy atom. The minimum absolute atomic E-state index is 0.0469. The van der Waals surface area contributed by atoms with Crippen molar-refractivity contribution in [3.63, 3.8) is 0 Å². The van der Waals surface area contributed by atoms with Crippen LogP contribution in [0.3, 0.4) is 0 Å². The molecular weight excluding hydrogens is 226 g/mol. The highest BCUT2D eigenvalue weighted by molar-refractivity contribution is 7.88. The van der Waals surface area contributed by atoms with Gasteiger partial charge in [0, 0.05) is 6.42 Å². The van der Waals surface area contributed by atoms with Crippen LogP contribution in [0.25, 0.3) is 0 Å². The number of carbonyl (C=O) groups is 2. The van der Waals surface area contributed by atoms with E-state index in [2.05, 4.69) is 0 Å². The van der Waals surface area contributed by atoms with E-state index < -0.39 is 28.0 Å². The Morgan fingerprint density at radius 1 is 1.33 bits per heavy atom. The maximum absolute atomic E-state index is 10.8. The van der Waals surface area contributed by atoms with Gasteiger partial charge in [-0.1, -0.05) is 0 Å². The summed E-state index contributed by atoms with van der Waals surface area (Å²) in [5.74, 6) is -2.36. The Bertz CT molecular complexity index is 335. The lowest BCUT2D eigenvalue weighted by Gasteiger charge is -2.11. The molecule has 0 aromatic rings. The largest absolute Gasteiger partial charge is 0.481 e. The lowest BCUT2D eigenvalue weighted by atomic mass is 10.1. The quantitative estimate of drug-likeness (QED) is 0.537. The van der Waals surface area contributed by atoms with Gasteiger partial charge in [0.2, 0.25) is 10.0 Å². The first-order valence-electron chi connectivity index (χ1n) is 4.14. The molecule has 0 spiro atoms. The predicted molar refractivity (Wildman–Crippen MR) is 50.9 cm³/mol. The first-order chi connectivity index (χ1) is 6.72.